The van der Waals surface area contributed by atoms with Crippen LogP contribution in [0.5, 0.6) is 0 Å². The molecule has 2 aliphatic heterocycles. The molecular formula is C16H17N3O2S. The second kappa shape index (κ2) is 5.88. The highest BCUT2D eigenvalue weighted by atomic mass is 32.1. The van der Waals surface area contributed by atoms with Crippen molar-refractivity contribution in [2.24, 2.45) is 0 Å². The van der Waals surface area contributed by atoms with Crippen LogP contribution in [-0.2, 0) is 9.59 Å². The molecular weight excluding hydrogens is 298 g/mol. The van der Waals surface area contributed by atoms with Gasteiger partial charge in [-0.2, -0.15) is 0 Å². The minimum atomic E-state index is -0.447. The summed E-state index contributed by atoms with van der Waals surface area (Å²) in [6, 6.07) is 7.90. The number of likely N-dealkylation sites (N-methyl/N-ethyl adjacent to an activating group) is 1. The fourth-order valence-corrected chi connectivity index (χ4v) is 2.84. The summed E-state index contributed by atoms with van der Waals surface area (Å²) >= 11 is 4.92. The molecule has 5 nitrogen and oxygen atoms in total. The molecule has 2 aliphatic rings. The van der Waals surface area contributed by atoms with E-state index in [0.29, 0.717) is 0 Å². The van der Waals surface area contributed by atoms with Crippen molar-refractivity contribution in [1.82, 2.24) is 10.2 Å². The van der Waals surface area contributed by atoms with Gasteiger partial charge in [-0.05, 0) is 48.8 Å². The van der Waals surface area contributed by atoms with Crippen LogP contribution in [-0.4, -0.2) is 42.0 Å². The van der Waals surface area contributed by atoms with Gasteiger partial charge in [0.25, 0.3) is 11.8 Å². The number of anilines is 1. The van der Waals surface area contributed by atoms with Crippen LogP contribution < -0.4 is 10.2 Å². The highest BCUT2D eigenvalue weighted by Crippen LogP contribution is 2.22. The lowest BCUT2D eigenvalue weighted by Crippen LogP contribution is -2.52. The Morgan fingerprint density at radius 1 is 1.14 bits per heavy atom. The molecule has 2 heterocycles. The predicted octanol–water partition coefficient (Wildman–Crippen LogP) is 1.54. The van der Waals surface area contributed by atoms with E-state index in [1.54, 1.807) is 13.1 Å². The third-order valence-corrected chi connectivity index (χ3v) is 4.36. The molecule has 0 bridgehead atoms. The van der Waals surface area contributed by atoms with Crippen molar-refractivity contribution in [3.05, 3.63) is 35.4 Å². The first-order valence-electron chi connectivity index (χ1n) is 7.26. The number of amides is 2. The molecule has 0 radical (unpaired) electrons. The topological polar surface area (TPSA) is 52.7 Å². The standard InChI is InChI=1S/C16H17N3O2S/c1-18-15(21)13(14(20)17-16(18)22)10-11-4-6-12(7-5-11)19-8-2-3-9-19/h4-7,10H,2-3,8-9H2,1H3,(H,17,20,22)/b13-10-. The Morgan fingerprint density at radius 3 is 2.41 bits per heavy atom. The molecule has 2 saturated heterocycles. The molecule has 0 saturated carbocycles. The van der Waals surface area contributed by atoms with E-state index >= 15 is 0 Å². The lowest BCUT2D eigenvalue weighted by molar-refractivity contribution is -0.128. The zero-order valence-electron chi connectivity index (χ0n) is 12.3. The van der Waals surface area contributed by atoms with Crippen LogP contribution in [0.1, 0.15) is 18.4 Å². The Kier molecular flexibility index (Phi) is 3.94. The third-order valence-electron chi connectivity index (χ3n) is 3.98. The molecule has 0 spiro atoms. The summed E-state index contributed by atoms with van der Waals surface area (Å²) in [4.78, 5) is 27.6. The Bertz CT molecular complexity index is 660. The molecule has 1 aromatic rings. The number of hydrogen-bond acceptors (Lipinski definition) is 4. The van der Waals surface area contributed by atoms with Gasteiger partial charge in [0.05, 0.1) is 0 Å². The van der Waals surface area contributed by atoms with Crippen molar-refractivity contribution in [2.75, 3.05) is 25.0 Å². The monoisotopic (exact) mass is 315 g/mol. The van der Waals surface area contributed by atoms with Gasteiger partial charge in [-0.3, -0.25) is 19.8 Å². The fraction of sp³-hybridized carbons (Fsp3) is 0.312. The second-order valence-electron chi connectivity index (χ2n) is 5.47. The van der Waals surface area contributed by atoms with Crippen molar-refractivity contribution in [3.63, 3.8) is 0 Å². The molecule has 114 valence electrons. The quantitative estimate of drug-likeness (QED) is 0.511. The summed E-state index contributed by atoms with van der Waals surface area (Å²) in [5.74, 6) is -0.825. The second-order valence-corrected chi connectivity index (χ2v) is 5.85. The zero-order chi connectivity index (χ0) is 15.7. The minimum Gasteiger partial charge on any atom is -0.372 e. The van der Waals surface area contributed by atoms with Gasteiger partial charge in [0.1, 0.15) is 5.57 Å². The summed E-state index contributed by atoms with van der Waals surface area (Å²) in [5.41, 5.74) is 2.10. The van der Waals surface area contributed by atoms with Crippen molar-refractivity contribution in [3.8, 4) is 0 Å². The van der Waals surface area contributed by atoms with Gasteiger partial charge in [0.2, 0.25) is 0 Å². The first kappa shape index (κ1) is 14.7. The van der Waals surface area contributed by atoms with E-state index in [1.165, 1.54) is 23.4 Å². The van der Waals surface area contributed by atoms with Crippen molar-refractivity contribution in [1.29, 1.82) is 0 Å². The van der Waals surface area contributed by atoms with Crippen LogP contribution in [0.15, 0.2) is 29.8 Å². The van der Waals surface area contributed by atoms with Crippen LogP contribution in [0, 0.1) is 0 Å². The van der Waals surface area contributed by atoms with Gasteiger partial charge in [-0.1, -0.05) is 12.1 Å². The Labute approximate surface area is 134 Å². The number of benzene rings is 1. The van der Waals surface area contributed by atoms with Gasteiger partial charge in [0, 0.05) is 25.8 Å². The SMILES string of the molecule is CN1C(=O)/C(=C\c2ccc(N3CCCC3)cc2)C(=O)NC1=S. The average molecular weight is 315 g/mol. The highest BCUT2D eigenvalue weighted by Gasteiger charge is 2.30. The number of hydrogen-bond donors (Lipinski definition) is 1. The predicted molar refractivity (Wildman–Crippen MR) is 89.4 cm³/mol. The molecule has 2 fully saturated rings. The molecule has 0 aliphatic carbocycles. The first-order valence-corrected chi connectivity index (χ1v) is 7.67. The third kappa shape index (κ3) is 2.74. The number of carbonyl (C=O) groups excluding carboxylic acids is 2. The maximum absolute atomic E-state index is 12.1. The molecule has 3 rings (SSSR count). The Hall–Kier alpha value is -2.21. The normalized spacial score (nSPS) is 20.8. The van der Waals surface area contributed by atoms with Gasteiger partial charge < -0.3 is 4.90 Å². The Morgan fingerprint density at radius 2 is 1.77 bits per heavy atom. The van der Waals surface area contributed by atoms with E-state index in [4.69, 9.17) is 12.2 Å². The Balaban J connectivity index is 1.83. The zero-order valence-corrected chi connectivity index (χ0v) is 13.2. The van der Waals surface area contributed by atoms with E-state index < -0.39 is 5.91 Å². The lowest BCUT2D eigenvalue weighted by atomic mass is 10.1. The summed E-state index contributed by atoms with van der Waals surface area (Å²) in [6.07, 6.45) is 4.06. The van der Waals surface area contributed by atoms with Gasteiger partial charge in [-0.15, -0.1) is 0 Å². The largest absolute Gasteiger partial charge is 0.372 e. The van der Waals surface area contributed by atoms with Crippen LogP contribution in [0.25, 0.3) is 6.08 Å². The van der Waals surface area contributed by atoms with Crippen molar-refractivity contribution >= 4 is 40.9 Å². The smallest absolute Gasteiger partial charge is 0.265 e. The van der Waals surface area contributed by atoms with Crippen LogP contribution in [0.4, 0.5) is 5.69 Å². The van der Waals surface area contributed by atoms with Crippen molar-refractivity contribution < 1.29 is 9.59 Å². The van der Waals surface area contributed by atoms with E-state index in [9.17, 15) is 9.59 Å². The molecule has 1 aromatic carbocycles. The van der Waals surface area contributed by atoms with E-state index in [0.717, 1.165) is 18.7 Å². The number of rotatable bonds is 2. The van der Waals surface area contributed by atoms with Crippen LogP contribution in [0.3, 0.4) is 0 Å². The van der Waals surface area contributed by atoms with Crippen LogP contribution >= 0.6 is 12.2 Å². The molecule has 0 unspecified atom stereocenters. The molecule has 6 heteroatoms. The number of thiocarbonyl (C=S) groups is 1. The van der Waals surface area contributed by atoms with Gasteiger partial charge in [-0.25, -0.2) is 0 Å². The maximum atomic E-state index is 12.1. The first-order chi connectivity index (χ1) is 10.6. The number of carbonyl (C=O) groups is 2. The summed E-state index contributed by atoms with van der Waals surface area (Å²) in [5, 5.41) is 2.64. The molecule has 22 heavy (non-hydrogen) atoms. The van der Waals surface area contributed by atoms with Gasteiger partial charge >= 0.3 is 0 Å². The van der Waals surface area contributed by atoms with Gasteiger partial charge in [0.15, 0.2) is 5.11 Å². The number of nitrogens with zero attached hydrogens (tertiary/aromatic N) is 2. The summed E-state index contributed by atoms with van der Waals surface area (Å²) in [6.45, 7) is 2.17. The summed E-state index contributed by atoms with van der Waals surface area (Å²) < 4.78 is 0. The maximum Gasteiger partial charge on any atom is 0.265 e. The van der Waals surface area contributed by atoms with E-state index in [-0.39, 0.29) is 16.6 Å². The molecule has 2 amide bonds. The molecule has 0 atom stereocenters. The average Bonchev–Trinajstić information content (AvgIpc) is 3.04. The fourth-order valence-electron chi connectivity index (χ4n) is 2.67. The molecule has 0 aromatic heterocycles. The van der Waals surface area contributed by atoms with E-state index in [1.807, 2.05) is 24.3 Å². The van der Waals surface area contributed by atoms with Crippen LogP contribution in [0.2, 0.25) is 0 Å². The van der Waals surface area contributed by atoms with E-state index in [2.05, 4.69) is 10.2 Å². The summed E-state index contributed by atoms with van der Waals surface area (Å²) in [7, 11) is 1.55. The molecule has 1 N–H and O–H groups in total. The minimum absolute atomic E-state index is 0.102. The number of nitrogens with one attached hydrogen (secondary N) is 1. The highest BCUT2D eigenvalue weighted by molar-refractivity contribution is 7.80. The lowest BCUT2D eigenvalue weighted by Gasteiger charge is -2.25. The van der Waals surface area contributed by atoms with Crippen molar-refractivity contribution in [2.45, 2.75) is 12.8 Å².